The Morgan fingerprint density at radius 2 is 1.30 bits per heavy atom. The highest BCUT2D eigenvalue weighted by Crippen LogP contribution is 2.36. The van der Waals surface area contributed by atoms with Crippen molar-refractivity contribution in [3.8, 4) is 17.1 Å². The van der Waals surface area contributed by atoms with Crippen LogP contribution >= 0.6 is 0 Å². The van der Waals surface area contributed by atoms with Crippen molar-refractivity contribution < 1.29 is 19.0 Å². The van der Waals surface area contributed by atoms with Crippen LogP contribution in [0.2, 0.25) is 0 Å². The van der Waals surface area contributed by atoms with Crippen molar-refractivity contribution in [1.82, 2.24) is 35.0 Å². The Kier molecular flexibility index (Phi) is 4.99. The molecule has 1 aliphatic heterocycles. The van der Waals surface area contributed by atoms with Crippen LogP contribution in [0.5, 0.6) is 5.75 Å². The van der Waals surface area contributed by atoms with E-state index in [1.807, 2.05) is 0 Å². The molecule has 16 nitrogen and oxygen atoms in total. The number of aromatic nitrogens is 7. The molecule has 0 bridgehead atoms. The smallest absolute Gasteiger partial charge is 0.271 e. The zero-order valence-electron chi connectivity index (χ0n) is 21.5. The molecule has 4 aromatic carbocycles. The molecule has 0 amide bonds. The van der Waals surface area contributed by atoms with Crippen molar-refractivity contribution in [2.45, 2.75) is 0 Å². The van der Waals surface area contributed by atoms with Crippen molar-refractivity contribution in [3.05, 3.63) is 105 Å². The lowest BCUT2D eigenvalue weighted by Gasteiger charge is -2.01. The van der Waals surface area contributed by atoms with Gasteiger partial charge in [0.15, 0.2) is 11.3 Å². The number of rotatable bonds is 5. The van der Waals surface area contributed by atoms with E-state index in [9.17, 15) is 20.2 Å². The summed E-state index contributed by atoms with van der Waals surface area (Å²) in [7, 11) is 0. The SMILES string of the molecule is O=[N+]([O-])c1ccc2nn(-c3ccc4c(c3)N/C(=C\c3nc5cc(-n6nc7ccc([N+](=O)[O-])cc7n6)ccc5o3)O4)nc2c1. The molecule has 0 unspecified atom stereocenters. The molecule has 43 heavy (non-hydrogen) atoms. The third kappa shape index (κ3) is 4.13. The highest BCUT2D eigenvalue weighted by atomic mass is 16.6. The van der Waals surface area contributed by atoms with Gasteiger partial charge in [-0.25, -0.2) is 4.98 Å². The van der Waals surface area contributed by atoms with Gasteiger partial charge in [0.1, 0.15) is 27.6 Å². The largest absolute Gasteiger partial charge is 0.439 e. The molecule has 8 rings (SSSR count). The predicted octanol–water partition coefficient (Wildman–Crippen LogP) is 4.91. The maximum absolute atomic E-state index is 11.1. The first-order valence-corrected chi connectivity index (χ1v) is 12.6. The van der Waals surface area contributed by atoms with E-state index in [1.54, 1.807) is 54.6 Å². The molecule has 7 aromatic rings. The number of hydrogen-bond donors (Lipinski definition) is 1. The Hall–Kier alpha value is -6.71. The molecule has 208 valence electrons. The Morgan fingerprint density at radius 1 is 0.698 bits per heavy atom. The first-order valence-electron chi connectivity index (χ1n) is 12.6. The number of nitrogens with one attached hydrogen (secondary N) is 1. The number of oxazole rings is 1. The van der Waals surface area contributed by atoms with Crippen LogP contribution in [0, 0.1) is 20.2 Å². The van der Waals surface area contributed by atoms with E-state index >= 15 is 0 Å². The van der Waals surface area contributed by atoms with Gasteiger partial charge in [0.2, 0.25) is 11.8 Å². The molecule has 0 spiro atoms. The first kappa shape index (κ1) is 24.1. The number of non-ortho nitro benzene ring substituents is 2. The number of nitro benzene ring substituents is 2. The van der Waals surface area contributed by atoms with Gasteiger partial charge in [0.25, 0.3) is 11.4 Å². The summed E-state index contributed by atoms with van der Waals surface area (Å²) in [6, 6.07) is 19.2. The van der Waals surface area contributed by atoms with E-state index in [2.05, 4.69) is 30.7 Å². The quantitative estimate of drug-likeness (QED) is 0.216. The van der Waals surface area contributed by atoms with Gasteiger partial charge in [0.05, 0.1) is 33.0 Å². The van der Waals surface area contributed by atoms with Gasteiger partial charge in [-0.2, -0.15) is 9.59 Å². The van der Waals surface area contributed by atoms with Gasteiger partial charge < -0.3 is 14.5 Å². The Bertz CT molecular complexity index is 2340. The summed E-state index contributed by atoms with van der Waals surface area (Å²) in [5, 5.41) is 42.9. The Labute approximate surface area is 237 Å². The normalized spacial score (nSPS) is 13.4. The number of benzene rings is 4. The number of fused-ring (bicyclic) bond motifs is 4. The van der Waals surface area contributed by atoms with Crippen molar-refractivity contribution in [2.24, 2.45) is 0 Å². The molecular weight excluding hydrogens is 560 g/mol. The van der Waals surface area contributed by atoms with E-state index in [0.29, 0.717) is 67.8 Å². The average molecular weight is 574 g/mol. The lowest BCUT2D eigenvalue weighted by Crippen LogP contribution is -1.99. The zero-order chi connectivity index (χ0) is 29.2. The lowest BCUT2D eigenvalue weighted by molar-refractivity contribution is -0.384. The van der Waals surface area contributed by atoms with Crippen LogP contribution in [0.4, 0.5) is 17.1 Å². The van der Waals surface area contributed by atoms with Gasteiger partial charge in [0, 0.05) is 24.3 Å². The maximum Gasteiger partial charge on any atom is 0.271 e. The predicted molar refractivity (Wildman–Crippen MR) is 151 cm³/mol. The minimum atomic E-state index is -0.480. The van der Waals surface area contributed by atoms with Gasteiger partial charge in [-0.05, 0) is 48.5 Å². The minimum absolute atomic E-state index is 0.0614. The number of ether oxygens (including phenoxy) is 1. The van der Waals surface area contributed by atoms with Gasteiger partial charge >= 0.3 is 0 Å². The van der Waals surface area contributed by atoms with Gasteiger partial charge in [-0.3, -0.25) is 20.2 Å². The topological polar surface area (TPSA) is 195 Å². The standard InChI is InChI=1S/C27H14N10O6/c38-36(39)16-1-5-18-20(11-16)32-34(30-18)14-3-7-24-22(9-14)28-26(42-24)13-27-29-23-10-15(4-8-25(23)43-27)35-31-19-6-2-17(37(40)41)12-21(19)33-35/h1-13,28H/b26-13+. The van der Waals surface area contributed by atoms with Crippen LogP contribution in [0.3, 0.4) is 0 Å². The number of nitro groups is 2. The Balaban J connectivity index is 1.05. The summed E-state index contributed by atoms with van der Waals surface area (Å²) in [6.45, 7) is 0. The molecule has 0 radical (unpaired) electrons. The molecule has 0 saturated carbocycles. The van der Waals surface area contributed by atoms with Crippen LogP contribution in [0.1, 0.15) is 5.89 Å². The van der Waals surface area contributed by atoms with E-state index in [4.69, 9.17) is 9.15 Å². The highest BCUT2D eigenvalue weighted by molar-refractivity contribution is 5.80. The highest BCUT2D eigenvalue weighted by Gasteiger charge is 2.20. The molecule has 1 N–H and O–H groups in total. The summed E-state index contributed by atoms with van der Waals surface area (Å²) in [4.78, 5) is 28.5. The van der Waals surface area contributed by atoms with Crippen LogP contribution in [0.25, 0.3) is 50.6 Å². The summed E-state index contributed by atoms with van der Waals surface area (Å²) in [6.07, 6.45) is 1.61. The van der Waals surface area contributed by atoms with E-state index < -0.39 is 9.85 Å². The molecule has 16 heteroatoms. The molecule has 0 fully saturated rings. The summed E-state index contributed by atoms with van der Waals surface area (Å²) < 4.78 is 11.8. The summed E-state index contributed by atoms with van der Waals surface area (Å²) in [5.74, 6) is 1.24. The zero-order valence-corrected chi connectivity index (χ0v) is 21.5. The van der Waals surface area contributed by atoms with E-state index in [0.717, 1.165) is 0 Å². The molecule has 0 aliphatic carbocycles. The van der Waals surface area contributed by atoms with Crippen LogP contribution < -0.4 is 10.1 Å². The van der Waals surface area contributed by atoms with E-state index in [-0.39, 0.29) is 11.4 Å². The second-order valence-corrected chi connectivity index (χ2v) is 9.46. The molecular formula is C27H14N10O6. The van der Waals surface area contributed by atoms with Crippen LogP contribution in [-0.4, -0.2) is 44.8 Å². The number of hydrogen-bond acceptors (Lipinski definition) is 12. The summed E-state index contributed by atoms with van der Waals surface area (Å²) >= 11 is 0. The first-order chi connectivity index (χ1) is 20.9. The third-order valence-corrected chi connectivity index (χ3v) is 6.69. The van der Waals surface area contributed by atoms with Crippen molar-refractivity contribution >= 4 is 56.3 Å². The molecule has 1 aliphatic rings. The average Bonchev–Trinajstić information content (AvgIpc) is 3.78. The minimum Gasteiger partial charge on any atom is -0.439 e. The van der Waals surface area contributed by atoms with Gasteiger partial charge in [-0.15, -0.1) is 20.4 Å². The number of nitrogens with zero attached hydrogens (tertiary/aromatic N) is 9. The van der Waals surface area contributed by atoms with Crippen molar-refractivity contribution in [2.75, 3.05) is 5.32 Å². The monoisotopic (exact) mass is 574 g/mol. The van der Waals surface area contributed by atoms with Crippen molar-refractivity contribution in [3.63, 3.8) is 0 Å². The van der Waals surface area contributed by atoms with Gasteiger partial charge in [-0.1, -0.05) is 0 Å². The molecule has 4 heterocycles. The van der Waals surface area contributed by atoms with Crippen LogP contribution in [-0.2, 0) is 0 Å². The molecule has 3 aromatic heterocycles. The Morgan fingerprint density at radius 3 is 1.95 bits per heavy atom. The third-order valence-electron chi connectivity index (χ3n) is 6.69. The lowest BCUT2D eigenvalue weighted by atomic mass is 10.2. The molecule has 0 saturated heterocycles. The summed E-state index contributed by atoms with van der Waals surface area (Å²) in [5.41, 5.74) is 4.67. The number of anilines is 1. The van der Waals surface area contributed by atoms with Crippen molar-refractivity contribution in [1.29, 1.82) is 0 Å². The second kappa shape index (κ2) is 8.90. The fraction of sp³-hybridized carbons (Fsp3) is 0. The fourth-order valence-corrected chi connectivity index (χ4v) is 4.67. The maximum atomic E-state index is 11.1. The molecule has 0 atom stereocenters. The fourth-order valence-electron chi connectivity index (χ4n) is 4.67. The second-order valence-electron chi connectivity index (χ2n) is 9.46. The van der Waals surface area contributed by atoms with Crippen LogP contribution in [0.15, 0.2) is 83.1 Å². The van der Waals surface area contributed by atoms with E-state index in [1.165, 1.54) is 33.9 Å².